The van der Waals surface area contributed by atoms with Gasteiger partial charge in [0.25, 0.3) is 0 Å². The second-order valence-corrected chi connectivity index (χ2v) is 4.23. The lowest BCUT2D eigenvalue weighted by Gasteiger charge is -2.20. The number of aromatic nitrogens is 2. The minimum Gasteiger partial charge on any atom is -0.443 e. The number of Topliss-reactive ketones (excluding diaryl/α,β-unsaturated/α-hetero) is 1. The Bertz CT molecular complexity index is 478. The van der Waals surface area contributed by atoms with Gasteiger partial charge in [-0.2, -0.15) is 4.98 Å². The minimum absolute atomic E-state index is 0.00468. The molecule has 1 aliphatic rings. The number of fused-ring (bicyclic) bond motifs is 1. The number of carbonyl (C=O) groups is 1. The zero-order valence-corrected chi connectivity index (χ0v) is 9.70. The highest BCUT2D eigenvalue weighted by atomic mass is 16.5. The van der Waals surface area contributed by atoms with Crippen LogP contribution in [0.4, 0.5) is 0 Å². The quantitative estimate of drug-likeness (QED) is 0.726. The summed E-state index contributed by atoms with van der Waals surface area (Å²) in [6, 6.07) is 0. The molecule has 0 fully saturated rings. The molecule has 4 heteroatoms. The second-order valence-electron chi connectivity index (χ2n) is 4.23. The van der Waals surface area contributed by atoms with E-state index >= 15 is 0 Å². The Morgan fingerprint density at radius 3 is 2.69 bits per heavy atom. The molecule has 2 rings (SSSR count). The van der Waals surface area contributed by atoms with E-state index in [1.165, 1.54) is 0 Å². The molecule has 0 aliphatic carbocycles. The van der Waals surface area contributed by atoms with Crippen molar-refractivity contribution < 1.29 is 9.53 Å². The maximum Gasteiger partial charge on any atom is 0.233 e. The summed E-state index contributed by atoms with van der Waals surface area (Å²) in [7, 11) is 0. The van der Waals surface area contributed by atoms with Crippen molar-refractivity contribution in [2.75, 3.05) is 0 Å². The molecule has 0 N–H and O–H groups in total. The molecular formula is C12H14N2O2. The number of nitrogens with zero attached hydrogens (tertiary/aromatic N) is 2. The molecule has 4 nitrogen and oxygen atoms in total. The molecule has 0 aromatic carbocycles. The van der Waals surface area contributed by atoms with Crippen LogP contribution in [0.15, 0.2) is 12.3 Å². The largest absolute Gasteiger partial charge is 0.443 e. The number of allylic oxidation sites excluding steroid dienone is 1. The zero-order chi connectivity index (χ0) is 11.9. The third kappa shape index (κ3) is 1.71. The van der Waals surface area contributed by atoms with Crippen LogP contribution in [0.1, 0.15) is 48.1 Å². The van der Waals surface area contributed by atoms with Gasteiger partial charge in [-0.1, -0.05) is 20.4 Å². The third-order valence-electron chi connectivity index (χ3n) is 2.44. The van der Waals surface area contributed by atoms with Crippen molar-refractivity contribution in [3.8, 4) is 5.88 Å². The van der Waals surface area contributed by atoms with Gasteiger partial charge in [-0.25, -0.2) is 4.98 Å². The van der Waals surface area contributed by atoms with Crippen molar-refractivity contribution >= 4 is 5.78 Å². The fourth-order valence-corrected chi connectivity index (χ4v) is 1.76. The maximum absolute atomic E-state index is 11.9. The highest BCUT2D eigenvalue weighted by Gasteiger charge is 2.28. The Hall–Kier alpha value is -1.71. The molecular weight excluding hydrogens is 204 g/mol. The molecule has 0 radical (unpaired) electrons. The predicted molar refractivity (Wildman–Crippen MR) is 59.6 cm³/mol. The average molecular weight is 218 g/mol. The van der Waals surface area contributed by atoms with Crippen LogP contribution in [0.25, 0.3) is 0 Å². The van der Waals surface area contributed by atoms with Crippen LogP contribution in [0, 0.1) is 6.92 Å². The molecule has 0 atom stereocenters. The van der Waals surface area contributed by atoms with Gasteiger partial charge in [-0.15, -0.1) is 0 Å². The lowest BCUT2D eigenvalue weighted by Crippen LogP contribution is -2.19. The van der Waals surface area contributed by atoms with Crippen LogP contribution < -0.4 is 4.74 Å². The van der Waals surface area contributed by atoms with Crippen molar-refractivity contribution in [2.45, 2.75) is 33.1 Å². The molecule has 2 heterocycles. The number of aryl methyl sites for hydroxylation is 1. The summed E-state index contributed by atoms with van der Waals surface area (Å²) in [5.41, 5.74) is 1.29. The molecule has 16 heavy (non-hydrogen) atoms. The Kier molecular flexibility index (Phi) is 2.50. The van der Waals surface area contributed by atoms with Gasteiger partial charge in [0.15, 0.2) is 5.78 Å². The van der Waals surface area contributed by atoms with Gasteiger partial charge in [0, 0.05) is 0 Å². The Morgan fingerprint density at radius 2 is 2.06 bits per heavy atom. The van der Waals surface area contributed by atoms with Gasteiger partial charge in [0.05, 0.1) is 12.1 Å². The number of ketones is 1. The molecule has 1 aromatic rings. The van der Waals surface area contributed by atoms with Crippen molar-refractivity contribution in [1.82, 2.24) is 9.97 Å². The molecule has 1 aliphatic heterocycles. The number of hydrogen-bond acceptors (Lipinski definition) is 4. The molecule has 84 valence electrons. The lowest BCUT2D eigenvalue weighted by atomic mass is 9.98. The summed E-state index contributed by atoms with van der Waals surface area (Å²) in [4.78, 5) is 20.4. The van der Waals surface area contributed by atoms with E-state index in [9.17, 15) is 4.79 Å². The van der Waals surface area contributed by atoms with Gasteiger partial charge < -0.3 is 4.74 Å². The summed E-state index contributed by atoms with van der Waals surface area (Å²) in [5, 5.41) is 0. The summed E-state index contributed by atoms with van der Waals surface area (Å²) >= 11 is 0. The number of rotatable bonds is 1. The van der Waals surface area contributed by atoms with E-state index in [-0.39, 0.29) is 18.1 Å². The van der Waals surface area contributed by atoms with E-state index in [4.69, 9.17) is 4.74 Å². The molecule has 0 amide bonds. The summed E-state index contributed by atoms with van der Waals surface area (Å²) in [5.74, 6) is 1.59. The molecule has 0 saturated heterocycles. The van der Waals surface area contributed by atoms with Crippen molar-refractivity contribution in [2.24, 2.45) is 0 Å². The van der Waals surface area contributed by atoms with Crippen LogP contribution in [0.3, 0.4) is 0 Å². The highest BCUT2D eigenvalue weighted by Crippen LogP contribution is 2.31. The minimum atomic E-state index is -0.00468. The van der Waals surface area contributed by atoms with Crippen molar-refractivity contribution in [3.63, 3.8) is 0 Å². The van der Waals surface area contributed by atoms with E-state index < -0.39 is 0 Å². The zero-order valence-electron chi connectivity index (χ0n) is 9.70. The predicted octanol–water partition coefficient (Wildman–Crippen LogP) is 2.39. The third-order valence-corrected chi connectivity index (χ3v) is 2.44. The Balaban J connectivity index is 2.65. The van der Waals surface area contributed by atoms with Crippen LogP contribution in [0.2, 0.25) is 0 Å². The van der Waals surface area contributed by atoms with Crippen LogP contribution in [0.5, 0.6) is 5.88 Å². The highest BCUT2D eigenvalue weighted by molar-refractivity contribution is 6.01. The SMILES string of the molecule is C=C1CC(=O)c2c(nc(C)nc2C(C)C)O1. The first-order valence-corrected chi connectivity index (χ1v) is 5.26. The molecule has 0 saturated carbocycles. The average Bonchev–Trinajstić information content (AvgIpc) is 2.14. The van der Waals surface area contributed by atoms with Crippen molar-refractivity contribution in [1.29, 1.82) is 0 Å². The van der Waals surface area contributed by atoms with Gasteiger partial charge in [0.2, 0.25) is 5.88 Å². The molecule has 1 aromatic heterocycles. The maximum atomic E-state index is 11.9. The second kappa shape index (κ2) is 3.70. The monoisotopic (exact) mass is 218 g/mol. The molecule has 0 unspecified atom stereocenters. The van der Waals surface area contributed by atoms with Gasteiger partial charge in [-0.3, -0.25) is 4.79 Å². The van der Waals surface area contributed by atoms with Crippen LogP contribution in [-0.2, 0) is 0 Å². The standard InChI is InChI=1S/C12H14N2O2/c1-6(2)11-10-9(15)5-7(3)16-12(10)14-8(4)13-11/h6H,3,5H2,1-2,4H3. The normalized spacial score (nSPS) is 15.0. The van der Waals surface area contributed by atoms with E-state index in [0.29, 0.717) is 23.0 Å². The fourth-order valence-electron chi connectivity index (χ4n) is 1.76. The molecule has 0 spiro atoms. The van der Waals surface area contributed by atoms with Crippen LogP contribution in [-0.4, -0.2) is 15.8 Å². The van der Waals surface area contributed by atoms with Gasteiger partial charge in [-0.05, 0) is 12.8 Å². The first-order chi connectivity index (χ1) is 7.49. The summed E-state index contributed by atoms with van der Waals surface area (Å²) < 4.78 is 5.41. The number of carbonyl (C=O) groups excluding carboxylic acids is 1. The molecule has 0 bridgehead atoms. The number of hydrogen-bond donors (Lipinski definition) is 0. The van der Waals surface area contributed by atoms with Gasteiger partial charge in [0.1, 0.15) is 17.1 Å². The number of ether oxygens (including phenoxy) is 1. The van der Waals surface area contributed by atoms with E-state index in [2.05, 4.69) is 16.5 Å². The summed E-state index contributed by atoms with van der Waals surface area (Å²) in [6.07, 6.45) is 0.221. The van der Waals surface area contributed by atoms with Gasteiger partial charge >= 0.3 is 0 Å². The van der Waals surface area contributed by atoms with E-state index in [1.807, 2.05) is 13.8 Å². The summed E-state index contributed by atoms with van der Waals surface area (Å²) in [6.45, 7) is 9.45. The topological polar surface area (TPSA) is 52.1 Å². The Morgan fingerprint density at radius 1 is 1.38 bits per heavy atom. The van der Waals surface area contributed by atoms with E-state index in [1.54, 1.807) is 6.92 Å². The van der Waals surface area contributed by atoms with Crippen LogP contribution >= 0.6 is 0 Å². The Labute approximate surface area is 94.4 Å². The first kappa shape index (κ1) is 10.8. The van der Waals surface area contributed by atoms with E-state index in [0.717, 1.165) is 5.69 Å². The fraction of sp³-hybridized carbons (Fsp3) is 0.417. The van der Waals surface area contributed by atoms with Crippen molar-refractivity contribution in [3.05, 3.63) is 29.4 Å². The smallest absolute Gasteiger partial charge is 0.233 e. The first-order valence-electron chi connectivity index (χ1n) is 5.26. The lowest BCUT2D eigenvalue weighted by molar-refractivity contribution is 0.0960.